The van der Waals surface area contributed by atoms with Crippen molar-refractivity contribution < 1.29 is 9.47 Å². The van der Waals surface area contributed by atoms with Crippen molar-refractivity contribution in [2.75, 3.05) is 13.2 Å². The first-order valence-electron chi connectivity index (χ1n) is 4.39. The summed E-state index contributed by atoms with van der Waals surface area (Å²) in [4.78, 5) is 0. The lowest BCUT2D eigenvalue weighted by molar-refractivity contribution is 0.265. The van der Waals surface area contributed by atoms with Gasteiger partial charge < -0.3 is 9.47 Å². The fourth-order valence-corrected chi connectivity index (χ4v) is 1.79. The average Bonchev–Trinajstić information content (AvgIpc) is 2.91. The summed E-state index contributed by atoms with van der Waals surface area (Å²) in [7, 11) is 0. The lowest BCUT2D eigenvalue weighted by Gasteiger charge is -2.03. The lowest BCUT2D eigenvalue weighted by Crippen LogP contribution is -2.04. The third-order valence-electron chi connectivity index (χ3n) is 2.08. The monoisotopic (exact) mass is 208 g/mol. The highest BCUT2D eigenvalue weighted by Gasteiger charge is 2.23. The van der Waals surface area contributed by atoms with Gasteiger partial charge in [0.2, 0.25) is 0 Å². The Morgan fingerprint density at radius 2 is 2.43 bits per heavy atom. The quantitative estimate of drug-likeness (QED) is 0.716. The molecule has 1 unspecified atom stereocenters. The molecule has 0 bridgehead atoms. The number of ether oxygens (including phenoxy) is 2. The third kappa shape index (κ3) is 1.44. The van der Waals surface area contributed by atoms with Crippen LogP contribution < -0.4 is 4.74 Å². The fourth-order valence-electron chi connectivity index (χ4n) is 1.24. The Bertz CT molecular complexity index is 453. The smallest absolute Gasteiger partial charge is 0.148 e. The molecule has 1 aromatic carbocycles. The minimum Gasteiger partial charge on any atom is -0.488 e. The second kappa shape index (κ2) is 3.18. The van der Waals surface area contributed by atoms with Crippen molar-refractivity contribution in [1.82, 2.24) is 8.75 Å². The summed E-state index contributed by atoms with van der Waals surface area (Å²) in [6, 6.07) is 5.76. The molecule has 0 amide bonds. The SMILES string of the molecule is c1cc(OCC2CO2)c2nsnc2c1. The van der Waals surface area contributed by atoms with E-state index in [1.54, 1.807) is 0 Å². The van der Waals surface area contributed by atoms with E-state index in [0.29, 0.717) is 6.61 Å². The van der Waals surface area contributed by atoms with Crippen LogP contribution in [0, 0.1) is 0 Å². The van der Waals surface area contributed by atoms with Gasteiger partial charge in [0, 0.05) is 0 Å². The van der Waals surface area contributed by atoms with Gasteiger partial charge in [0.1, 0.15) is 29.5 Å². The van der Waals surface area contributed by atoms with Crippen LogP contribution in [0.5, 0.6) is 5.75 Å². The Morgan fingerprint density at radius 1 is 1.50 bits per heavy atom. The average molecular weight is 208 g/mol. The zero-order valence-electron chi connectivity index (χ0n) is 7.34. The molecular formula is C9H8N2O2S. The van der Waals surface area contributed by atoms with Gasteiger partial charge in [0.05, 0.1) is 18.3 Å². The Balaban J connectivity index is 1.89. The molecule has 0 radical (unpaired) electrons. The van der Waals surface area contributed by atoms with E-state index in [4.69, 9.17) is 9.47 Å². The largest absolute Gasteiger partial charge is 0.488 e. The zero-order chi connectivity index (χ0) is 9.38. The van der Waals surface area contributed by atoms with Crippen molar-refractivity contribution in [2.24, 2.45) is 0 Å². The summed E-state index contributed by atoms with van der Waals surface area (Å²) in [5, 5.41) is 0. The molecule has 0 saturated carbocycles. The van der Waals surface area contributed by atoms with Crippen LogP contribution in [0.2, 0.25) is 0 Å². The highest BCUT2D eigenvalue weighted by Crippen LogP contribution is 2.24. The van der Waals surface area contributed by atoms with E-state index in [9.17, 15) is 0 Å². The molecule has 3 rings (SSSR count). The maximum atomic E-state index is 5.58. The molecule has 14 heavy (non-hydrogen) atoms. The number of hydrogen-bond acceptors (Lipinski definition) is 5. The van der Waals surface area contributed by atoms with E-state index < -0.39 is 0 Å². The first-order chi connectivity index (χ1) is 6.93. The van der Waals surface area contributed by atoms with E-state index in [-0.39, 0.29) is 6.10 Å². The van der Waals surface area contributed by atoms with Crippen LogP contribution in [0.3, 0.4) is 0 Å². The van der Waals surface area contributed by atoms with Gasteiger partial charge in [-0.3, -0.25) is 0 Å². The minimum absolute atomic E-state index is 0.275. The number of epoxide rings is 1. The molecule has 5 heteroatoms. The van der Waals surface area contributed by atoms with Crippen LogP contribution in [0.25, 0.3) is 11.0 Å². The minimum atomic E-state index is 0.275. The zero-order valence-corrected chi connectivity index (χ0v) is 8.16. The normalized spacial score (nSPS) is 19.9. The summed E-state index contributed by atoms with van der Waals surface area (Å²) in [5.41, 5.74) is 1.74. The molecule has 0 N–H and O–H groups in total. The summed E-state index contributed by atoms with van der Waals surface area (Å²) in [6.45, 7) is 1.42. The van der Waals surface area contributed by atoms with Crippen molar-refractivity contribution in [2.45, 2.75) is 6.10 Å². The Hall–Kier alpha value is -1.20. The van der Waals surface area contributed by atoms with Crippen molar-refractivity contribution in [3.8, 4) is 5.75 Å². The molecule has 72 valence electrons. The number of aromatic nitrogens is 2. The molecule has 1 saturated heterocycles. The predicted molar refractivity (Wildman–Crippen MR) is 52.7 cm³/mol. The van der Waals surface area contributed by atoms with Crippen LogP contribution in [0.4, 0.5) is 0 Å². The van der Waals surface area contributed by atoms with Crippen LogP contribution in [0.15, 0.2) is 18.2 Å². The number of benzene rings is 1. The second-order valence-corrected chi connectivity index (χ2v) is 3.68. The molecular weight excluding hydrogens is 200 g/mol. The second-order valence-electron chi connectivity index (χ2n) is 3.15. The Morgan fingerprint density at radius 3 is 3.29 bits per heavy atom. The highest BCUT2D eigenvalue weighted by atomic mass is 32.1. The van der Waals surface area contributed by atoms with E-state index in [1.165, 1.54) is 11.7 Å². The van der Waals surface area contributed by atoms with Gasteiger partial charge in [-0.2, -0.15) is 8.75 Å². The van der Waals surface area contributed by atoms with Gasteiger partial charge >= 0.3 is 0 Å². The van der Waals surface area contributed by atoms with Gasteiger partial charge in [-0.1, -0.05) is 6.07 Å². The van der Waals surface area contributed by atoms with Crippen LogP contribution in [-0.2, 0) is 4.74 Å². The molecule has 1 aromatic heterocycles. The molecule has 1 atom stereocenters. The van der Waals surface area contributed by atoms with Gasteiger partial charge in [-0.05, 0) is 12.1 Å². The van der Waals surface area contributed by atoms with E-state index in [1.807, 2.05) is 18.2 Å². The molecule has 0 spiro atoms. The summed E-state index contributed by atoms with van der Waals surface area (Å²) < 4.78 is 19.0. The molecule has 4 nitrogen and oxygen atoms in total. The van der Waals surface area contributed by atoms with E-state index >= 15 is 0 Å². The van der Waals surface area contributed by atoms with Crippen LogP contribution >= 0.6 is 11.7 Å². The lowest BCUT2D eigenvalue weighted by atomic mass is 10.3. The highest BCUT2D eigenvalue weighted by molar-refractivity contribution is 7.00. The number of nitrogens with zero attached hydrogens (tertiary/aromatic N) is 2. The molecule has 2 heterocycles. The summed E-state index contributed by atoms with van der Waals surface area (Å²) >= 11 is 1.21. The Kier molecular flexibility index (Phi) is 1.85. The molecule has 1 aliphatic heterocycles. The van der Waals surface area contributed by atoms with Crippen molar-refractivity contribution in [1.29, 1.82) is 0 Å². The van der Waals surface area contributed by atoms with Crippen molar-refractivity contribution in [3.63, 3.8) is 0 Å². The van der Waals surface area contributed by atoms with E-state index in [0.717, 1.165) is 23.4 Å². The van der Waals surface area contributed by atoms with Gasteiger partial charge in [-0.15, -0.1) is 0 Å². The first-order valence-corrected chi connectivity index (χ1v) is 5.12. The molecule has 2 aromatic rings. The summed E-state index contributed by atoms with van der Waals surface area (Å²) in [6.07, 6.45) is 0.275. The third-order valence-corrected chi connectivity index (χ3v) is 2.62. The Labute approximate surface area is 84.8 Å². The summed E-state index contributed by atoms with van der Waals surface area (Å²) in [5.74, 6) is 0.798. The fraction of sp³-hybridized carbons (Fsp3) is 0.333. The predicted octanol–water partition coefficient (Wildman–Crippen LogP) is 1.47. The van der Waals surface area contributed by atoms with Crippen molar-refractivity contribution >= 4 is 22.8 Å². The maximum absolute atomic E-state index is 5.58. The number of fused-ring (bicyclic) bond motifs is 1. The van der Waals surface area contributed by atoms with Crippen molar-refractivity contribution in [3.05, 3.63) is 18.2 Å². The van der Waals surface area contributed by atoms with Crippen LogP contribution in [0.1, 0.15) is 0 Å². The molecule has 0 aliphatic carbocycles. The topological polar surface area (TPSA) is 47.5 Å². The van der Waals surface area contributed by atoms with Crippen LogP contribution in [-0.4, -0.2) is 28.1 Å². The van der Waals surface area contributed by atoms with Gasteiger partial charge in [0.15, 0.2) is 0 Å². The van der Waals surface area contributed by atoms with Gasteiger partial charge in [-0.25, -0.2) is 0 Å². The molecule has 1 aliphatic rings. The number of rotatable bonds is 3. The van der Waals surface area contributed by atoms with E-state index in [2.05, 4.69) is 8.75 Å². The first kappa shape index (κ1) is 8.14. The number of hydrogen-bond donors (Lipinski definition) is 0. The maximum Gasteiger partial charge on any atom is 0.148 e. The van der Waals surface area contributed by atoms with Gasteiger partial charge in [0.25, 0.3) is 0 Å². The standard InChI is InChI=1S/C9H8N2O2S/c1-2-7-9(11-14-10-7)8(3-1)13-5-6-4-12-6/h1-3,6H,4-5H2. The molecule has 1 fully saturated rings.